The number of piperidine rings is 1. The number of ether oxygens (including phenoxy) is 1. The second-order valence-corrected chi connectivity index (χ2v) is 8.29. The van der Waals surface area contributed by atoms with E-state index >= 15 is 0 Å². The van der Waals surface area contributed by atoms with Crippen LogP contribution in [0.5, 0.6) is 5.75 Å². The minimum atomic E-state index is -0.202. The van der Waals surface area contributed by atoms with Gasteiger partial charge in [0.1, 0.15) is 5.75 Å². The molecule has 1 saturated heterocycles. The van der Waals surface area contributed by atoms with Crippen molar-refractivity contribution in [1.29, 1.82) is 0 Å². The molecule has 5 nitrogen and oxygen atoms in total. The lowest BCUT2D eigenvalue weighted by Crippen LogP contribution is -2.51. The molecule has 1 aliphatic heterocycles. The molecule has 0 spiro atoms. The fourth-order valence-electron chi connectivity index (χ4n) is 4.81. The summed E-state index contributed by atoms with van der Waals surface area (Å²) in [6.45, 7) is 1.25. The molecule has 2 amide bonds. The second kappa shape index (κ2) is 9.79. The highest BCUT2D eigenvalue weighted by atomic mass is 16.5. The van der Waals surface area contributed by atoms with Gasteiger partial charge < -0.3 is 15.0 Å². The van der Waals surface area contributed by atoms with E-state index in [2.05, 4.69) is 5.32 Å². The van der Waals surface area contributed by atoms with Crippen LogP contribution >= 0.6 is 0 Å². The first kappa shape index (κ1) is 20.5. The quantitative estimate of drug-likeness (QED) is 0.783. The molecule has 2 aromatic rings. The van der Waals surface area contributed by atoms with Crippen LogP contribution in [0.1, 0.15) is 54.4 Å². The Kier molecular flexibility index (Phi) is 6.67. The Hall–Kier alpha value is -2.82. The summed E-state index contributed by atoms with van der Waals surface area (Å²) in [6, 6.07) is 17.3. The van der Waals surface area contributed by atoms with Gasteiger partial charge >= 0.3 is 0 Å². The van der Waals surface area contributed by atoms with Gasteiger partial charge in [-0.15, -0.1) is 0 Å². The van der Waals surface area contributed by atoms with Crippen molar-refractivity contribution < 1.29 is 14.3 Å². The Morgan fingerprint density at radius 3 is 2.53 bits per heavy atom. The Bertz CT molecular complexity index is 866. The SMILES string of the molecule is O=C(NCc1ccccc1)c1ccccc1OCC(=O)N1CCC[C@@H]2CCCC[C@H]21. The lowest BCUT2D eigenvalue weighted by atomic mass is 9.78. The number of benzene rings is 2. The molecule has 0 aromatic heterocycles. The van der Waals surface area contributed by atoms with E-state index in [4.69, 9.17) is 4.74 Å². The smallest absolute Gasteiger partial charge is 0.260 e. The van der Waals surface area contributed by atoms with Crippen LogP contribution in [0.25, 0.3) is 0 Å². The monoisotopic (exact) mass is 406 g/mol. The third-order valence-electron chi connectivity index (χ3n) is 6.34. The highest BCUT2D eigenvalue weighted by Gasteiger charge is 2.35. The highest BCUT2D eigenvalue weighted by Crippen LogP contribution is 2.35. The predicted octanol–water partition coefficient (Wildman–Crippen LogP) is 4.18. The molecule has 4 rings (SSSR count). The summed E-state index contributed by atoms with van der Waals surface area (Å²) in [5, 5.41) is 2.93. The number of nitrogens with zero attached hydrogens (tertiary/aromatic N) is 1. The number of likely N-dealkylation sites (tertiary alicyclic amines) is 1. The molecular weight excluding hydrogens is 376 g/mol. The van der Waals surface area contributed by atoms with Crippen molar-refractivity contribution in [3.05, 3.63) is 65.7 Å². The lowest BCUT2D eigenvalue weighted by Gasteiger charge is -2.44. The van der Waals surface area contributed by atoms with E-state index in [0.29, 0.717) is 29.8 Å². The molecule has 30 heavy (non-hydrogen) atoms. The summed E-state index contributed by atoms with van der Waals surface area (Å²) < 4.78 is 5.85. The molecule has 1 heterocycles. The number of hydrogen-bond acceptors (Lipinski definition) is 3. The van der Waals surface area contributed by atoms with Crippen molar-refractivity contribution in [1.82, 2.24) is 10.2 Å². The molecule has 1 N–H and O–H groups in total. The summed E-state index contributed by atoms with van der Waals surface area (Å²) in [5.41, 5.74) is 1.49. The lowest BCUT2D eigenvalue weighted by molar-refractivity contribution is -0.139. The van der Waals surface area contributed by atoms with Gasteiger partial charge in [-0.1, -0.05) is 55.3 Å². The fraction of sp³-hybridized carbons (Fsp3) is 0.440. The van der Waals surface area contributed by atoms with Gasteiger partial charge in [-0.05, 0) is 49.3 Å². The van der Waals surface area contributed by atoms with Crippen LogP contribution in [0, 0.1) is 5.92 Å². The maximum atomic E-state index is 12.9. The minimum absolute atomic E-state index is 0.0216. The van der Waals surface area contributed by atoms with E-state index in [1.54, 1.807) is 12.1 Å². The summed E-state index contributed by atoms with van der Waals surface area (Å²) in [6.07, 6.45) is 7.14. The van der Waals surface area contributed by atoms with E-state index in [0.717, 1.165) is 24.9 Å². The van der Waals surface area contributed by atoms with E-state index in [9.17, 15) is 9.59 Å². The average molecular weight is 407 g/mol. The minimum Gasteiger partial charge on any atom is -0.483 e. The predicted molar refractivity (Wildman–Crippen MR) is 116 cm³/mol. The number of amides is 2. The molecule has 2 aliphatic rings. The maximum absolute atomic E-state index is 12.9. The van der Waals surface area contributed by atoms with Gasteiger partial charge in [-0.25, -0.2) is 0 Å². The molecule has 0 bridgehead atoms. The van der Waals surface area contributed by atoms with Crippen LogP contribution in [0.2, 0.25) is 0 Å². The number of para-hydroxylation sites is 1. The fourth-order valence-corrected chi connectivity index (χ4v) is 4.81. The average Bonchev–Trinajstić information content (AvgIpc) is 2.81. The molecule has 1 aliphatic carbocycles. The van der Waals surface area contributed by atoms with Gasteiger partial charge in [0.25, 0.3) is 11.8 Å². The molecule has 158 valence electrons. The summed E-state index contributed by atoms with van der Waals surface area (Å²) in [5.74, 6) is 0.930. The number of fused-ring (bicyclic) bond motifs is 1. The molecule has 0 unspecified atom stereocenters. The van der Waals surface area contributed by atoms with Gasteiger partial charge in [-0.2, -0.15) is 0 Å². The second-order valence-electron chi connectivity index (χ2n) is 8.29. The Balaban J connectivity index is 1.36. The highest BCUT2D eigenvalue weighted by molar-refractivity contribution is 5.97. The van der Waals surface area contributed by atoms with Crippen molar-refractivity contribution in [2.24, 2.45) is 5.92 Å². The van der Waals surface area contributed by atoms with Gasteiger partial charge in [0, 0.05) is 19.1 Å². The third kappa shape index (κ3) is 4.84. The van der Waals surface area contributed by atoms with Crippen molar-refractivity contribution in [3.8, 4) is 5.75 Å². The molecule has 2 atom stereocenters. The first-order valence-electron chi connectivity index (χ1n) is 11.1. The Morgan fingerprint density at radius 1 is 0.933 bits per heavy atom. The molecule has 5 heteroatoms. The maximum Gasteiger partial charge on any atom is 0.260 e. The van der Waals surface area contributed by atoms with E-state index in [-0.39, 0.29) is 18.4 Å². The van der Waals surface area contributed by atoms with Crippen LogP contribution in [0.4, 0.5) is 0 Å². The molecule has 2 fully saturated rings. The standard InChI is InChI=1S/C25H30N2O3/c28-24(27-16-8-12-20-11-4-6-14-22(20)27)18-30-23-15-7-5-13-21(23)25(29)26-17-19-9-2-1-3-10-19/h1-3,5,7,9-10,13,15,20,22H,4,6,8,11-12,14,16-18H2,(H,26,29)/t20-,22+/m0/s1. The summed E-state index contributed by atoms with van der Waals surface area (Å²) >= 11 is 0. The third-order valence-corrected chi connectivity index (χ3v) is 6.34. The first-order valence-corrected chi connectivity index (χ1v) is 11.1. The molecular formula is C25H30N2O3. The van der Waals surface area contributed by atoms with Crippen molar-refractivity contribution in [2.75, 3.05) is 13.2 Å². The van der Waals surface area contributed by atoms with Crippen LogP contribution in [0.3, 0.4) is 0 Å². The summed E-state index contributed by atoms with van der Waals surface area (Å²) in [4.78, 5) is 27.6. The van der Waals surface area contributed by atoms with Crippen molar-refractivity contribution in [2.45, 2.75) is 51.1 Å². The normalized spacial score (nSPS) is 20.9. The number of hydrogen-bond donors (Lipinski definition) is 1. The zero-order chi connectivity index (χ0) is 20.8. The number of nitrogens with one attached hydrogen (secondary N) is 1. The topological polar surface area (TPSA) is 58.6 Å². The van der Waals surface area contributed by atoms with Gasteiger partial charge in [0.15, 0.2) is 6.61 Å². The number of carbonyl (C=O) groups is 2. The Morgan fingerprint density at radius 2 is 1.67 bits per heavy atom. The van der Waals surface area contributed by atoms with Gasteiger partial charge in [0.2, 0.25) is 0 Å². The van der Waals surface area contributed by atoms with Crippen LogP contribution in [-0.2, 0) is 11.3 Å². The Labute approximate surface area is 178 Å². The van der Waals surface area contributed by atoms with Gasteiger partial charge in [-0.3, -0.25) is 9.59 Å². The molecule has 1 saturated carbocycles. The number of carbonyl (C=O) groups excluding carboxylic acids is 2. The van der Waals surface area contributed by atoms with Crippen molar-refractivity contribution in [3.63, 3.8) is 0 Å². The van der Waals surface area contributed by atoms with Gasteiger partial charge in [0.05, 0.1) is 5.56 Å². The van der Waals surface area contributed by atoms with Crippen LogP contribution in [0.15, 0.2) is 54.6 Å². The van der Waals surface area contributed by atoms with E-state index in [1.165, 1.54) is 25.7 Å². The van der Waals surface area contributed by atoms with Crippen molar-refractivity contribution >= 4 is 11.8 Å². The largest absolute Gasteiger partial charge is 0.483 e. The molecule has 2 aromatic carbocycles. The number of rotatable bonds is 6. The molecule has 0 radical (unpaired) electrons. The summed E-state index contributed by atoms with van der Waals surface area (Å²) in [7, 11) is 0. The van der Waals surface area contributed by atoms with E-state index in [1.807, 2.05) is 47.4 Å². The first-order chi connectivity index (χ1) is 14.7. The van der Waals surface area contributed by atoms with Crippen LogP contribution < -0.4 is 10.1 Å². The van der Waals surface area contributed by atoms with Crippen LogP contribution in [-0.4, -0.2) is 35.9 Å². The zero-order valence-electron chi connectivity index (χ0n) is 17.4. The van der Waals surface area contributed by atoms with E-state index < -0.39 is 0 Å². The zero-order valence-corrected chi connectivity index (χ0v) is 17.4.